The van der Waals surface area contributed by atoms with E-state index in [4.69, 9.17) is 17.3 Å². The first-order valence-corrected chi connectivity index (χ1v) is 15.0. The number of benzene rings is 1. The molecule has 5 N–H and O–H groups in total. The van der Waals surface area contributed by atoms with Gasteiger partial charge in [-0.3, -0.25) is 14.5 Å². The van der Waals surface area contributed by atoms with Crippen LogP contribution >= 0.6 is 11.6 Å². The molecule has 9 heteroatoms. The van der Waals surface area contributed by atoms with Gasteiger partial charge in [-0.25, -0.2) is 0 Å². The molecule has 8 nitrogen and oxygen atoms in total. The Morgan fingerprint density at radius 3 is 2.49 bits per heavy atom. The molecule has 1 saturated heterocycles. The van der Waals surface area contributed by atoms with Crippen molar-refractivity contribution >= 4 is 29.1 Å². The molecule has 1 aromatic rings. The maximum absolute atomic E-state index is 13.3. The highest BCUT2D eigenvalue weighted by molar-refractivity contribution is 6.33. The Bertz CT molecular complexity index is 1070. The number of para-hydroxylation sites is 1. The van der Waals surface area contributed by atoms with Gasteiger partial charge in [-0.1, -0.05) is 30.7 Å². The van der Waals surface area contributed by atoms with Gasteiger partial charge in [-0.05, 0) is 88.7 Å². The van der Waals surface area contributed by atoms with Gasteiger partial charge in [0.15, 0.2) is 0 Å². The second-order valence-electron chi connectivity index (χ2n) is 13.4. The minimum Gasteiger partial charge on any atom is -0.391 e. The molecule has 5 aliphatic rings. The van der Waals surface area contributed by atoms with E-state index in [1.807, 2.05) is 30.0 Å². The molecule has 4 aliphatic carbocycles. The summed E-state index contributed by atoms with van der Waals surface area (Å²) in [4.78, 5) is 30.2. The summed E-state index contributed by atoms with van der Waals surface area (Å²) >= 11 is 6.36. The van der Waals surface area contributed by atoms with E-state index in [0.29, 0.717) is 48.0 Å². The number of aliphatic hydroxyl groups is 2. The minimum atomic E-state index is -0.868. The summed E-state index contributed by atoms with van der Waals surface area (Å²) in [6, 6.07) is 6.86. The van der Waals surface area contributed by atoms with Crippen molar-refractivity contribution in [1.82, 2.24) is 10.2 Å². The van der Waals surface area contributed by atoms with E-state index in [-0.39, 0.29) is 42.3 Å². The third-order valence-corrected chi connectivity index (χ3v) is 10.4. The van der Waals surface area contributed by atoms with Crippen LogP contribution in [0.15, 0.2) is 24.3 Å². The number of halogens is 1. The monoisotopic (exact) mass is 560 g/mol. The number of nitrogens with one attached hydrogen (secondary N) is 1. The van der Waals surface area contributed by atoms with Crippen molar-refractivity contribution in [3.05, 3.63) is 29.3 Å². The maximum atomic E-state index is 13.3. The van der Waals surface area contributed by atoms with E-state index < -0.39 is 17.7 Å². The second kappa shape index (κ2) is 10.9. The van der Waals surface area contributed by atoms with E-state index in [1.165, 1.54) is 0 Å². The number of hydrogen-bond acceptors (Lipinski definition) is 6. The van der Waals surface area contributed by atoms with Gasteiger partial charge in [0.2, 0.25) is 11.8 Å². The highest BCUT2D eigenvalue weighted by Crippen LogP contribution is 2.55. The normalized spacial score (nSPS) is 34.1. The van der Waals surface area contributed by atoms with Gasteiger partial charge in [0, 0.05) is 36.6 Å². The number of nitrogens with two attached hydrogens (primary N) is 1. The lowest BCUT2D eigenvalue weighted by Crippen LogP contribution is -2.64. The van der Waals surface area contributed by atoms with E-state index in [0.717, 1.165) is 32.1 Å². The Balaban J connectivity index is 1.16. The summed E-state index contributed by atoms with van der Waals surface area (Å²) in [7, 11) is 0. The Morgan fingerprint density at radius 2 is 1.87 bits per heavy atom. The number of carbonyl (C=O) groups is 2. The molecular weight excluding hydrogens is 516 g/mol. The van der Waals surface area contributed by atoms with Crippen LogP contribution in [-0.2, 0) is 9.59 Å². The molecule has 4 bridgehead atoms. The molecule has 0 unspecified atom stereocenters. The Morgan fingerprint density at radius 1 is 1.21 bits per heavy atom. The quantitative estimate of drug-likeness (QED) is 0.369. The standard InChI is InChI=1S/C30H45ClN4O4/c1-4-19(28(38)33-27-20-9-18-10-21(27)14-30(39,12-18)13-20)11-25(36)23(32)15-34-16-26(37)35(17-29(34,2)3)24-8-6-5-7-22(24)31/h5-8,18-21,23,25,27,36,39H,4,9-17,32H2,1-3H3,(H,33,38)/t18?,19-,20+,21+,23+,25+,27?,30?/m1/s1. The van der Waals surface area contributed by atoms with Gasteiger partial charge >= 0.3 is 0 Å². The summed E-state index contributed by atoms with van der Waals surface area (Å²) in [5.41, 5.74) is 6.28. The van der Waals surface area contributed by atoms with Crippen LogP contribution in [-0.4, -0.2) is 75.9 Å². The lowest BCUT2D eigenvalue weighted by Gasteiger charge is -2.58. The summed E-state index contributed by atoms with van der Waals surface area (Å²) in [5.74, 6) is 0.869. The molecular formula is C30H45ClN4O4. The molecule has 5 fully saturated rings. The molecule has 2 amide bonds. The van der Waals surface area contributed by atoms with Crippen molar-refractivity contribution in [3.63, 3.8) is 0 Å². The van der Waals surface area contributed by atoms with Crippen LogP contribution in [0.5, 0.6) is 0 Å². The van der Waals surface area contributed by atoms with Crippen molar-refractivity contribution in [2.24, 2.45) is 29.4 Å². The average Bonchev–Trinajstić information content (AvgIpc) is 2.86. The fraction of sp³-hybridized carbons (Fsp3) is 0.733. The zero-order valence-corrected chi connectivity index (χ0v) is 24.2. The van der Waals surface area contributed by atoms with E-state index in [9.17, 15) is 19.8 Å². The fourth-order valence-electron chi connectivity index (χ4n) is 8.04. The van der Waals surface area contributed by atoms with Gasteiger partial charge in [0.25, 0.3) is 0 Å². The molecule has 5 atom stereocenters. The molecule has 0 radical (unpaired) electrons. The number of rotatable bonds is 9. The maximum Gasteiger partial charge on any atom is 0.241 e. The van der Waals surface area contributed by atoms with Gasteiger partial charge < -0.3 is 26.2 Å². The Labute approximate surface area is 237 Å². The number of amides is 2. The largest absolute Gasteiger partial charge is 0.391 e. The zero-order chi connectivity index (χ0) is 28.1. The lowest BCUT2D eigenvalue weighted by atomic mass is 9.52. The number of aliphatic hydroxyl groups excluding tert-OH is 1. The van der Waals surface area contributed by atoms with Crippen molar-refractivity contribution in [1.29, 1.82) is 0 Å². The van der Waals surface area contributed by atoms with Gasteiger partial charge in [-0.2, -0.15) is 0 Å². The zero-order valence-electron chi connectivity index (χ0n) is 23.5. The van der Waals surface area contributed by atoms with Crippen molar-refractivity contribution < 1.29 is 19.8 Å². The lowest BCUT2D eigenvalue weighted by molar-refractivity contribution is -0.148. The summed E-state index contributed by atoms with van der Waals surface area (Å²) < 4.78 is 0. The number of nitrogens with zero attached hydrogens (tertiary/aromatic N) is 2. The van der Waals surface area contributed by atoms with Crippen LogP contribution in [0.4, 0.5) is 5.69 Å². The summed E-state index contributed by atoms with van der Waals surface area (Å²) in [5, 5.41) is 25.8. The average molecular weight is 561 g/mol. The number of piperazine rings is 1. The fourth-order valence-corrected chi connectivity index (χ4v) is 8.28. The van der Waals surface area contributed by atoms with Crippen LogP contribution in [0.1, 0.15) is 65.7 Å². The molecule has 216 valence electrons. The molecule has 0 spiro atoms. The predicted molar refractivity (Wildman–Crippen MR) is 152 cm³/mol. The van der Waals surface area contributed by atoms with Crippen LogP contribution in [0.2, 0.25) is 5.02 Å². The highest BCUT2D eigenvalue weighted by Gasteiger charge is 2.55. The van der Waals surface area contributed by atoms with Crippen LogP contribution in [0, 0.1) is 23.7 Å². The third-order valence-electron chi connectivity index (χ3n) is 10.0. The first kappa shape index (κ1) is 28.8. The third kappa shape index (κ3) is 5.87. The first-order chi connectivity index (χ1) is 18.4. The van der Waals surface area contributed by atoms with Crippen LogP contribution < -0.4 is 16.0 Å². The number of hydrogen-bond donors (Lipinski definition) is 4. The molecule has 1 aromatic carbocycles. The Hall–Kier alpha value is -1.71. The smallest absolute Gasteiger partial charge is 0.241 e. The Kier molecular flexibility index (Phi) is 8.08. The van der Waals surface area contributed by atoms with Crippen molar-refractivity contribution in [3.8, 4) is 0 Å². The predicted octanol–water partition coefficient (Wildman–Crippen LogP) is 2.93. The summed E-state index contributed by atoms with van der Waals surface area (Å²) in [6.07, 6.45) is 4.70. The van der Waals surface area contributed by atoms with Gasteiger partial charge in [0.05, 0.1) is 29.0 Å². The van der Waals surface area contributed by atoms with E-state index in [1.54, 1.807) is 11.0 Å². The molecule has 4 saturated carbocycles. The van der Waals surface area contributed by atoms with E-state index in [2.05, 4.69) is 19.2 Å². The molecule has 0 aromatic heterocycles. The molecule has 1 heterocycles. The minimum absolute atomic E-state index is 0.0166. The van der Waals surface area contributed by atoms with Crippen molar-refractivity contribution in [2.45, 2.75) is 95.0 Å². The molecule has 6 rings (SSSR count). The molecule has 1 aliphatic heterocycles. The van der Waals surface area contributed by atoms with Gasteiger partial charge in [0.1, 0.15) is 0 Å². The topological polar surface area (TPSA) is 119 Å². The van der Waals surface area contributed by atoms with Crippen LogP contribution in [0.25, 0.3) is 0 Å². The van der Waals surface area contributed by atoms with E-state index >= 15 is 0 Å². The van der Waals surface area contributed by atoms with Crippen molar-refractivity contribution in [2.75, 3.05) is 24.5 Å². The highest BCUT2D eigenvalue weighted by atomic mass is 35.5. The van der Waals surface area contributed by atoms with Crippen LogP contribution in [0.3, 0.4) is 0 Å². The second-order valence-corrected chi connectivity index (χ2v) is 13.8. The molecule has 39 heavy (non-hydrogen) atoms. The first-order valence-electron chi connectivity index (χ1n) is 14.7. The number of carbonyl (C=O) groups excluding carboxylic acids is 2. The summed E-state index contributed by atoms with van der Waals surface area (Å²) in [6.45, 7) is 7.07. The SMILES string of the molecule is CC[C@H](C[C@H](O)[C@@H](N)CN1CC(=O)N(c2ccccc2Cl)CC1(C)C)C(=O)NC1[C@H]2CC3C[C@H]1CC(O)(C3)C2. The van der Waals surface area contributed by atoms with Gasteiger partial charge in [-0.15, -0.1) is 0 Å². The number of anilines is 1.